The summed E-state index contributed by atoms with van der Waals surface area (Å²) in [5.41, 5.74) is 0.899. The van der Waals surface area contributed by atoms with Gasteiger partial charge < -0.3 is 10.0 Å². The second kappa shape index (κ2) is 5.65. The van der Waals surface area contributed by atoms with Crippen molar-refractivity contribution in [2.75, 3.05) is 18.0 Å². The van der Waals surface area contributed by atoms with Crippen LogP contribution >= 0.6 is 0 Å². The van der Waals surface area contributed by atoms with E-state index in [0.717, 1.165) is 36.3 Å². The van der Waals surface area contributed by atoms with E-state index in [2.05, 4.69) is 9.88 Å². The number of carboxylic acid groups (broad SMARTS) is 1. The number of aliphatic carboxylic acids is 1. The number of pyridine rings is 1. The lowest BCUT2D eigenvalue weighted by atomic mass is 10.2. The Bertz CT molecular complexity index is 505. The highest BCUT2D eigenvalue weighted by atomic mass is 16.4. The Balaban J connectivity index is 1.81. The Labute approximate surface area is 119 Å². The molecule has 0 unspecified atom stereocenters. The summed E-state index contributed by atoms with van der Waals surface area (Å²) in [5, 5.41) is 8.79. The molecule has 0 aromatic carbocycles. The zero-order chi connectivity index (χ0) is 13.9. The van der Waals surface area contributed by atoms with Crippen LogP contribution in [0.1, 0.15) is 31.2 Å². The number of anilines is 1. The van der Waals surface area contributed by atoms with Crippen LogP contribution in [0.15, 0.2) is 24.4 Å². The molecule has 20 heavy (non-hydrogen) atoms. The summed E-state index contributed by atoms with van der Waals surface area (Å²) in [5.74, 6) is 1.61. The lowest BCUT2D eigenvalue weighted by Crippen LogP contribution is -2.29. The van der Waals surface area contributed by atoms with Gasteiger partial charge in [0.05, 0.1) is 0 Å². The first-order chi connectivity index (χ1) is 9.72. The Hall–Kier alpha value is -1.84. The molecular weight excluding hydrogens is 252 g/mol. The number of hydrogen-bond acceptors (Lipinski definition) is 3. The molecule has 1 aromatic rings. The maximum absolute atomic E-state index is 10.7. The maximum Gasteiger partial charge on any atom is 0.328 e. The zero-order valence-corrected chi connectivity index (χ0v) is 11.5. The average molecular weight is 272 g/mol. The lowest BCUT2D eigenvalue weighted by Gasteiger charge is -2.25. The molecule has 2 fully saturated rings. The molecule has 0 aliphatic heterocycles. The van der Waals surface area contributed by atoms with E-state index >= 15 is 0 Å². The van der Waals surface area contributed by atoms with E-state index in [9.17, 15) is 4.79 Å². The lowest BCUT2D eigenvalue weighted by molar-refractivity contribution is -0.131. The van der Waals surface area contributed by atoms with Gasteiger partial charge >= 0.3 is 5.97 Å². The van der Waals surface area contributed by atoms with E-state index in [0.29, 0.717) is 0 Å². The van der Waals surface area contributed by atoms with Crippen molar-refractivity contribution in [2.24, 2.45) is 11.8 Å². The molecule has 2 saturated carbocycles. The first kappa shape index (κ1) is 13.2. The van der Waals surface area contributed by atoms with E-state index < -0.39 is 5.97 Å². The molecular formula is C16H20N2O2. The molecule has 0 amide bonds. The molecule has 2 aliphatic carbocycles. The van der Waals surface area contributed by atoms with Crippen LogP contribution in [0.4, 0.5) is 5.82 Å². The molecule has 1 N–H and O–H groups in total. The minimum absolute atomic E-state index is 0.798. The topological polar surface area (TPSA) is 53.4 Å². The molecule has 0 radical (unpaired) electrons. The van der Waals surface area contributed by atoms with E-state index in [4.69, 9.17) is 5.11 Å². The Morgan fingerprint density at radius 1 is 1.30 bits per heavy atom. The largest absolute Gasteiger partial charge is 0.478 e. The SMILES string of the molecule is O=C(O)/C=C/c1cccnc1N(CC1CC1)CC1CC1. The second-order valence-electron chi connectivity index (χ2n) is 5.88. The van der Waals surface area contributed by atoms with E-state index in [1.165, 1.54) is 31.8 Å². The van der Waals surface area contributed by atoms with Gasteiger partial charge in [-0.3, -0.25) is 0 Å². The van der Waals surface area contributed by atoms with Crippen molar-refractivity contribution in [3.05, 3.63) is 30.0 Å². The summed E-state index contributed by atoms with van der Waals surface area (Å²) in [6, 6.07) is 3.80. The fourth-order valence-corrected chi connectivity index (χ4v) is 2.44. The molecule has 3 rings (SSSR count). The van der Waals surface area contributed by atoms with Gasteiger partial charge in [0.1, 0.15) is 5.82 Å². The Morgan fingerprint density at radius 2 is 1.95 bits per heavy atom. The first-order valence-corrected chi connectivity index (χ1v) is 7.33. The molecule has 0 spiro atoms. The Morgan fingerprint density at radius 3 is 2.50 bits per heavy atom. The number of hydrogen-bond donors (Lipinski definition) is 1. The minimum atomic E-state index is -0.921. The van der Waals surface area contributed by atoms with Gasteiger partial charge in [0, 0.05) is 30.9 Å². The third-order valence-corrected chi connectivity index (χ3v) is 3.87. The predicted octanol–water partition coefficient (Wildman–Crippen LogP) is 2.81. The van der Waals surface area contributed by atoms with E-state index in [1.807, 2.05) is 12.1 Å². The second-order valence-corrected chi connectivity index (χ2v) is 5.88. The summed E-state index contributed by atoms with van der Waals surface area (Å²) < 4.78 is 0. The van der Waals surface area contributed by atoms with Crippen molar-refractivity contribution in [1.29, 1.82) is 0 Å². The summed E-state index contributed by atoms with van der Waals surface area (Å²) in [6.07, 6.45) is 9.88. The third kappa shape index (κ3) is 3.59. The first-order valence-electron chi connectivity index (χ1n) is 7.33. The molecule has 0 saturated heterocycles. The number of aromatic nitrogens is 1. The standard InChI is InChI=1S/C16H20N2O2/c19-15(20)8-7-14-2-1-9-17-16(14)18(10-12-3-4-12)11-13-5-6-13/h1-2,7-9,12-13H,3-6,10-11H2,(H,19,20)/b8-7+. The van der Waals surface area contributed by atoms with Gasteiger partial charge in [-0.15, -0.1) is 0 Å². The van der Waals surface area contributed by atoms with Crippen molar-refractivity contribution < 1.29 is 9.90 Å². The van der Waals surface area contributed by atoms with Crippen molar-refractivity contribution in [1.82, 2.24) is 4.98 Å². The fraction of sp³-hybridized carbons (Fsp3) is 0.500. The summed E-state index contributed by atoms with van der Waals surface area (Å²) in [4.78, 5) is 17.6. The predicted molar refractivity (Wildman–Crippen MR) is 78.6 cm³/mol. The monoisotopic (exact) mass is 272 g/mol. The third-order valence-electron chi connectivity index (χ3n) is 3.87. The maximum atomic E-state index is 10.7. The van der Waals surface area contributed by atoms with Crippen molar-refractivity contribution in [3.63, 3.8) is 0 Å². The molecule has 1 aromatic heterocycles. The average Bonchev–Trinajstić information content (AvgIpc) is 3.31. The van der Waals surface area contributed by atoms with Crippen LogP contribution in [0.5, 0.6) is 0 Å². The summed E-state index contributed by atoms with van der Waals surface area (Å²) >= 11 is 0. The van der Waals surface area contributed by atoms with Crippen LogP contribution in [0.3, 0.4) is 0 Å². The van der Waals surface area contributed by atoms with Crippen LogP contribution in [-0.2, 0) is 4.79 Å². The van der Waals surface area contributed by atoms with Gasteiger partial charge in [-0.25, -0.2) is 9.78 Å². The van der Waals surface area contributed by atoms with Gasteiger partial charge in [-0.2, -0.15) is 0 Å². The zero-order valence-electron chi connectivity index (χ0n) is 11.5. The molecule has 0 bridgehead atoms. The highest BCUT2D eigenvalue weighted by Gasteiger charge is 2.30. The number of carboxylic acids is 1. The summed E-state index contributed by atoms with van der Waals surface area (Å²) in [6.45, 7) is 2.11. The molecule has 4 heteroatoms. The normalized spacial score (nSPS) is 18.4. The molecule has 0 atom stereocenters. The van der Waals surface area contributed by atoms with Crippen LogP contribution in [0, 0.1) is 11.8 Å². The van der Waals surface area contributed by atoms with E-state index in [1.54, 1.807) is 12.3 Å². The molecule has 2 aliphatic rings. The molecule has 106 valence electrons. The smallest absolute Gasteiger partial charge is 0.328 e. The van der Waals surface area contributed by atoms with Gasteiger partial charge in [-0.1, -0.05) is 0 Å². The van der Waals surface area contributed by atoms with Gasteiger partial charge in [0.2, 0.25) is 0 Å². The number of carbonyl (C=O) groups is 1. The van der Waals surface area contributed by atoms with Crippen LogP contribution in [0.25, 0.3) is 6.08 Å². The van der Waals surface area contributed by atoms with Gasteiger partial charge in [0.25, 0.3) is 0 Å². The van der Waals surface area contributed by atoms with E-state index in [-0.39, 0.29) is 0 Å². The van der Waals surface area contributed by atoms with Crippen LogP contribution in [-0.4, -0.2) is 29.1 Å². The van der Waals surface area contributed by atoms with Gasteiger partial charge in [0.15, 0.2) is 0 Å². The van der Waals surface area contributed by atoms with Gasteiger partial charge in [-0.05, 0) is 55.7 Å². The summed E-state index contributed by atoms with van der Waals surface area (Å²) in [7, 11) is 0. The quantitative estimate of drug-likeness (QED) is 0.775. The number of rotatable bonds is 7. The highest BCUT2D eigenvalue weighted by Crippen LogP contribution is 2.36. The van der Waals surface area contributed by atoms with Crippen molar-refractivity contribution >= 4 is 17.9 Å². The molecule has 4 nitrogen and oxygen atoms in total. The fourth-order valence-electron chi connectivity index (χ4n) is 2.44. The number of nitrogens with zero attached hydrogens (tertiary/aromatic N) is 2. The van der Waals surface area contributed by atoms with Crippen LogP contribution in [0.2, 0.25) is 0 Å². The highest BCUT2D eigenvalue weighted by molar-refractivity contribution is 5.86. The van der Waals surface area contributed by atoms with Crippen LogP contribution < -0.4 is 4.90 Å². The van der Waals surface area contributed by atoms with Crippen molar-refractivity contribution in [2.45, 2.75) is 25.7 Å². The minimum Gasteiger partial charge on any atom is -0.478 e. The Kier molecular flexibility index (Phi) is 3.72. The van der Waals surface area contributed by atoms with Crippen molar-refractivity contribution in [3.8, 4) is 0 Å². The molecule has 1 heterocycles.